The quantitative estimate of drug-likeness (QED) is 0.292. The summed E-state index contributed by atoms with van der Waals surface area (Å²) in [6, 6.07) is 7.88. The molecule has 0 amide bonds. The molecule has 0 spiro atoms. The number of benzene rings is 1. The predicted molar refractivity (Wildman–Crippen MR) is 94.9 cm³/mol. The SMILES string of the molecule is COCOCc1cc2c(N)nc(N)nc2nc1-c1cccc([N+](=O)[O-])c1. The summed E-state index contributed by atoms with van der Waals surface area (Å²) < 4.78 is 10.3. The fraction of sp³-hybridized carbons (Fsp3) is 0.188. The number of rotatable bonds is 6. The van der Waals surface area contributed by atoms with E-state index in [1.807, 2.05) is 0 Å². The predicted octanol–water partition coefficient (Wildman–Crippen LogP) is 1.88. The first-order valence-corrected chi connectivity index (χ1v) is 7.53. The van der Waals surface area contributed by atoms with E-state index in [0.29, 0.717) is 27.9 Å². The molecule has 0 radical (unpaired) electrons. The van der Waals surface area contributed by atoms with Crippen molar-refractivity contribution in [3.8, 4) is 11.3 Å². The lowest BCUT2D eigenvalue weighted by Crippen LogP contribution is -2.05. The van der Waals surface area contributed by atoms with Gasteiger partial charge in [-0.1, -0.05) is 12.1 Å². The van der Waals surface area contributed by atoms with E-state index in [-0.39, 0.29) is 30.9 Å². The fourth-order valence-electron chi connectivity index (χ4n) is 2.50. The molecule has 0 fully saturated rings. The second kappa shape index (κ2) is 7.25. The van der Waals surface area contributed by atoms with Crippen LogP contribution in [0.4, 0.5) is 17.5 Å². The van der Waals surface area contributed by atoms with Gasteiger partial charge in [0.2, 0.25) is 5.95 Å². The van der Waals surface area contributed by atoms with Crippen LogP contribution in [0, 0.1) is 10.1 Å². The Kier molecular flexibility index (Phi) is 4.87. The highest BCUT2D eigenvalue weighted by Crippen LogP contribution is 2.30. The number of nitrogen functional groups attached to an aromatic ring is 2. The van der Waals surface area contributed by atoms with Crippen LogP contribution >= 0.6 is 0 Å². The van der Waals surface area contributed by atoms with Crippen LogP contribution in [0.15, 0.2) is 30.3 Å². The van der Waals surface area contributed by atoms with Crippen molar-refractivity contribution in [1.82, 2.24) is 15.0 Å². The highest BCUT2D eigenvalue weighted by molar-refractivity contribution is 5.89. The van der Waals surface area contributed by atoms with Crippen molar-refractivity contribution in [3.63, 3.8) is 0 Å². The van der Waals surface area contributed by atoms with Gasteiger partial charge in [0, 0.05) is 30.4 Å². The van der Waals surface area contributed by atoms with Gasteiger partial charge in [0.15, 0.2) is 5.65 Å². The number of nitrogens with two attached hydrogens (primary N) is 2. The van der Waals surface area contributed by atoms with Crippen molar-refractivity contribution in [2.45, 2.75) is 6.61 Å². The highest BCUT2D eigenvalue weighted by atomic mass is 16.7. The molecule has 0 saturated heterocycles. The summed E-state index contributed by atoms with van der Waals surface area (Å²) in [4.78, 5) is 23.1. The van der Waals surface area contributed by atoms with Crippen molar-refractivity contribution in [3.05, 3.63) is 46.0 Å². The summed E-state index contributed by atoms with van der Waals surface area (Å²) in [5.74, 6) is 0.189. The zero-order chi connectivity index (χ0) is 18.7. The molecule has 0 bridgehead atoms. The molecule has 3 aromatic rings. The van der Waals surface area contributed by atoms with Crippen LogP contribution < -0.4 is 11.5 Å². The Labute approximate surface area is 147 Å². The van der Waals surface area contributed by atoms with Gasteiger partial charge in [-0.15, -0.1) is 0 Å². The maximum atomic E-state index is 11.1. The molecule has 2 heterocycles. The van der Waals surface area contributed by atoms with E-state index in [1.54, 1.807) is 18.2 Å². The largest absolute Gasteiger partial charge is 0.383 e. The summed E-state index contributed by atoms with van der Waals surface area (Å²) >= 11 is 0. The molecule has 134 valence electrons. The summed E-state index contributed by atoms with van der Waals surface area (Å²) in [6.07, 6.45) is 0. The molecule has 4 N–H and O–H groups in total. The average Bonchev–Trinajstić information content (AvgIpc) is 2.62. The minimum atomic E-state index is -0.468. The Morgan fingerprint density at radius 3 is 2.73 bits per heavy atom. The lowest BCUT2D eigenvalue weighted by Gasteiger charge is -2.12. The molecule has 0 aliphatic carbocycles. The van der Waals surface area contributed by atoms with Gasteiger partial charge in [0.1, 0.15) is 12.6 Å². The number of non-ortho nitro benzene ring substituents is 1. The number of aromatic nitrogens is 3. The first-order chi connectivity index (χ1) is 12.5. The topological polar surface area (TPSA) is 152 Å². The van der Waals surface area contributed by atoms with Crippen LogP contribution in [0.5, 0.6) is 0 Å². The Morgan fingerprint density at radius 1 is 1.19 bits per heavy atom. The van der Waals surface area contributed by atoms with Crippen LogP contribution in [0.1, 0.15) is 5.56 Å². The van der Waals surface area contributed by atoms with Crippen LogP contribution in [-0.4, -0.2) is 33.8 Å². The monoisotopic (exact) mass is 356 g/mol. The zero-order valence-corrected chi connectivity index (χ0v) is 13.9. The average molecular weight is 356 g/mol. The molecule has 26 heavy (non-hydrogen) atoms. The van der Waals surface area contributed by atoms with Crippen molar-refractivity contribution in [2.24, 2.45) is 0 Å². The van der Waals surface area contributed by atoms with Gasteiger partial charge in [0.05, 0.1) is 22.6 Å². The molecule has 0 saturated carbocycles. The number of hydrogen-bond donors (Lipinski definition) is 2. The van der Waals surface area contributed by atoms with Gasteiger partial charge in [-0.3, -0.25) is 10.1 Å². The maximum absolute atomic E-state index is 11.1. The number of anilines is 2. The van der Waals surface area contributed by atoms with Crippen molar-refractivity contribution >= 4 is 28.5 Å². The van der Waals surface area contributed by atoms with Gasteiger partial charge in [0.25, 0.3) is 5.69 Å². The van der Waals surface area contributed by atoms with Gasteiger partial charge in [-0.2, -0.15) is 9.97 Å². The summed E-state index contributed by atoms with van der Waals surface area (Å²) in [7, 11) is 1.51. The fourth-order valence-corrected chi connectivity index (χ4v) is 2.50. The number of nitro benzene ring substituents is 1. The molecule has 0 aliphatic rings. The molecule has 10 nitrogen and oxygen atoms in total. The van der Waals surface area contributed by atoms with E-state index in [2.05, 4.69) is 15.0 Å². The first-order valence-electron chi connectivity index (χ1n) is 7.53. The molecule has 0 unspecified atom stereocenters. The minimum Gasteiger partial charge on any atom is -0.383 e. The first kappa shape index (κ1) is 17.5. The zero-order valence-electron chi connectivity index (χ0n) is 13.9. The smallest absolute Gasteiger partial charge is 0.270 e. The van der Waals surface area contributed by atoms with E-state index in [1.165, 1.54) is 19.2 Å². The summed E-state index contributed by atoms with van der Waals surface area (Å²) in [5.41, 5.74) is 13.5. The normalized spacial score (nSPS) is 11.0. The molecule has 3 rings (SSSR count). The van der Waals surface area contributed by atoms with Crippen LogP contribution in [0.3, 0.4) is 0 Å². The molecular formula is C16H16N6O4. The van der Waals surface area contributed by atoms with Crippen molar-refractivity contribution in [1.29, 1.82) is 0 Å². The lowest BCUT2D eigenvalue weighted by molar-refractivity contribution is -0.384. The number of pyridine rings is 1. The molecular weight excluding hydrogens is 340 g/mol. The Balaban J connectivity index is 2.18. The number of nitro groups is 1. The third-order valence-electron chi connectivity index (χ3n) is 3.60. The summed E-state index contributed by atoms with van der Waals surface area (Å²) in [5, 5.41) is 11.6. The second-order valence-electron chi connectivity index (χ2n) is 5.40. The van der Waals surface area contributed by atoms with Gasteiger partial charge >= 0.3 is 0 Å². The van der Waals surface area contributed by atoms with Crippen molar-refractivity contribution in [2.75, 3.05) is 25.4 Å². The Morgan fingerprint density at radius 2 is 2.00 bits per heavy atom. The molecule has 10 heteroatoms. The standard InChI is InChI=1S/C16H16N6O4/c1-25-8-26-7-10-6-12-14(17)20-16(18)21-15(12)19-13(10)9-3-2-4-11(5-9)22(23)24/h2-6H,7-8H2,1H3,(H4,17,18,19,20,21). The minimum absolute atomic E-state index is 0.00382. The molecule has 1 aromatic carbocycles. The number of hydrogen-bond acceptors (Lipinski definition) is 9. The summed E-state index contributed by atoms with van der Waals surface area (Å²) in [6.45, 7) is 0.249. The molecule has 0 atom stereocenters. The second-order valence-corrected chi connectivity index (χ2v) is 5.40. The van der Waals surface area contributed by atoms with Crippen LogP contribution in [0.2, 0.25) is 0 Å². The van der Waals surface area contributed by atoms with Gasteiger partial charge in [-0.25, -0.2) is 4.98 Å². The van der Waals surface area contributed by atoms with Crippen LogP contribution in [0.25, 0.3) is 22.3 Å². The van der Waals surface area contributed by atoms with E-state index >= 15 is 0 Å². The third-order valence-corrected chi connectivity index (χ3v) is 3.60. The maximum Gasteiger partial charge on any atom is 0.270 e. The highest BCUT2D eigenvalue weighted by Gasteiger charge is 2.15. The van der Waals surface area contributed by atoms with E-state index in [0.717, 1.165) is 0 Å². The Hall–Kier alpha value is -3.37. The van der Waals surface area contributed by atoms with Gasteiger partial charge in [-0.05, 0) is 6.07 Å². The van der Waals surface area contributed by atoms with E-state index in [4.69, 9.17) is 20.9 Å². The lowest BCUT2D eigenvalue weighted by atomic mass is 10.0. The number of fused-ring (bicyclic) bond motifs is 1. The number of methoxy groups -OCH3 is 1. The van der Waals surface area contributed by atoms with Gasteiger partial charge < -0.3 is 20.9 Å². The van der Waals surface area contributed by atoms with E-state index < -0.39 is 4.92 Å². The molecule has 2 aromatic heterocycles. The molecule has 0 aliphatic heterocycles. The van der Waals surface area contributed by atoms with Crippen LogP contribution in [-0.2, 0) is 16.1 Å². The number of ether oxygens (including phenoxy) is 2. The Bertz CT molecular complexity index is 978. The van der Waals surface area contributed by atoms with Crippen molar-refractivity contribution < 1.29 is 14.4 Å². The number of nitrogens with zero attached hydrogens (tertiary/aromatic N) is 4. The van der Waals surface area contributed by atoms with E-state index in [9.17, 15) is 10.1 Å². The third kappa shape index (κ3) is 3.50.